The molecular weight excluding hydrogens is 246 g/mol. The first kappa shape index (κ1) is 11.5. The van der Waals surface area contributed by atoms with Crippen LogP contribution in [-0.2, 0) is 0 Å². The first-order valence-electron chi connectivity index (χ1n) is 5.85. The Labute approximate surface area is 108 Å². The monoisotopic (exact) mass is 257 g/mol. The summed E-state index contributed by atoms with van der Waals surface area (Å²) in [5, 5.41) is 6.02. The van der Waals surface area contributed by atoms with Crippen molar-refractivity contribution in [2.24, 2.45) is 0 Å². The van der Waals surface area contributed by atoms with Gasteiger partial charge < -0.3 is 9.64 Å². The number of anilines is 1. The average molecular weight is 257 g/mol. The smallest absolute Gasteiger partial charge is 0.278 e. The van der Waals surface area contributed by atoms with Crippen LogP contribution in [-0.4, -0.2) is 29.3 Å². The third-order valence-corrected chi connectivity index (χ3v) is 2.87. The first-order valence-corrected chi connectivity index (χ1v) is 5.85. The molecule has 1 aromatic heterocycles. The maximum atomic E-state index is 12.4. The fourth-order valence-corrected chi connectivity index (χ4v) is 1.98. The molecule has 96 valence electrons. The van der Waals surface area contributed by atoms with Crippen molar-refractivity contribution in [2.45, 2.75) is 0 Å². The highest BCUT2D eigenvalue weighted by Gasteiger charge is 2.25. The van der Waals surface area contributed by atoms with Gasteiger partial charge >= 0.3 is 0 Å². The van der Waals surface area contributed by atoms with Gasteiger partial charge in [0.05, 0.1) is 12.2 Å². The number of H-pyrrole nitrogens is 1. The quantitative estimate of drug-likeness (QED) is 0.820. The molecule has 0 saturated carbocycles. The lowest BCUT2D eigenvalue weighted by Crippen LogP contribution is -2.38. The van der Waals surface area contributed by atoms with Crippen LogP contribution in [0.3, 0.4) is 0 Å². The molecule has 0 spiro atoms. The summed E-state index contributed by atoms with van der Waals surface area (Å²) in [7, 11) is 0. The molecule has 0 fully saturated rings. The molecule has 1 aliphatic heterocycles. The summed E-state index contributed by atoms with van der Waals surface area (Å²) in [4.78, 5) is 24.9. The topological polar surface area (TPSA) is 75.3 Å². The van der Waals surface area contributed by atoms with Gasteiger partial charge in [-0.3, -0.25) is 9.59 Å². The number of benzene rings is 1. The van der Waals surface area contributed by atoms with Crippen molar-refractivity contribution in [1.29, 1.82) is 0 Å². The number of nitrogens with one attached hydrogen (secondary N) is 1. The van der Waals surface area contributed by atoms with E-state index < -0.39 is 0 Å². The highest BCUT2D eigenvalue weighted by molar-refractivity contribution is 6.05. The fraction of sp³-hybridized carbons (Fsp3) is 0.154. The highest BCUT2D eigenvalue weighted by Crippen LogP contribution is 2.31. The van der Waals surface area contributed by atoms with Gasteiger partial charge in [0.15, 0.2) is 0 Å². The molecule has 1 aromatic carbocycles. The predicted octanol–water partition coefficient (Wildman–Crippen LogP) is 0.809. The van der Waals surface area contributed by atoms with Gasteiger partial charge in [0, 0.05) is 6.07 Å². The van der Waals surface area contributed by atoms with Crippen LogP contribution in [0.2, 0.25) is 0 Å². The highest BCUT2D eigenvalue weighted by atomic mass is 16.5. The number of aromatic nitrogens is 2. The van der Waals surface area contributed by atoms with Crippen molar-refractivity contribution in [2.75, 3.05) is 18.1 Å². The molecule has 0 aliphatic carbocycles. The summed E-state index contributed by atoms with van der Waals surface area (Å²) in [6.45, 7) is 0.892. The standard InChI is InChI=1S/C13H11N3O3/c17-12-6-5-9(14-15-12)13(18)16-7-8-19-11-4-2-1-3-10(11)16/h1-6H,7-8H2,(H,15,17). The number of hydrogen-bond donors (Lipinski definition) is 1. The van der Waals surface area contributed by atoms with Crippen LogP contribution in [0, 0.1) is 0 Å². The molecule has 6 heteroatoms. The predicted molar refractivity (Wildman–Crippen MR) is 68.5 cm³/mol. The van der Waals surface area contributed by atoms with E-state index >= 15 is 0 Å². The third-order valence-electron chi connectivity index (χ3n) is 2.87. The van der Waals surface area contributed by atoms with Gasteiger partial charge in [-0.05, 0) is 18.2 Å². The summed E-state index contributed by atoms with van der Waals surface area (Å²) < 4.78 is 5.49. The zero-order chi connectivity index (χ0) is 13.2. The minimum Gasteiger partial charge on any atom is -0.490 e. The second-order valence-corrected chi connectivity index (χ2v) is 4.08. The van der Waals surface area contributed by atoms with E-state index in [9.17, 15) is 9.59 Å². The lowest BCUT2D eigenvalue weighted by molar-refractivity contribution is 0.0970. The van der Waals surface area contributed by atoms with Crippen LogP contribution in [0.4, 0.5) is 5.69 Å². The third kappa shape index (κ3) is 2.08. The number of aromatic amines is 1. The summed E-state index contributed by atoms with van der Waals surface area (Å²) in [5.74, 6) is 0.415. The molecule has 0 bridgehead atoms. The van der Waals surface area contributed by atoms with Gasteiger partial charge in [-0.15, -0.1) is 0 Å². The van der Waals surface area contributed by atoms with E-state index in [4.69, 9.17) is 4.74 Å². The van der Waals surface area contributed by atoms with Crippen molar-refractivity contribution in [3.05, 3.63) is 52.4 Å². The van der Waals surface area contributed by atoms with E-state index in [1.54, 1.807) is 4.90 Å². The van der Waals surface area contributed by atoms with Crippen molar-refractivity contribution >= 4 is 11.6 Å². The van der Waals surface area contributed by atoms with Gasteiger partial charge in [0.2, 0.25) is 0 Å². The van der Waals surface area contributed by atoms with Crippen LogP contribution >= 0.6 is 0 Å². The maximum absolute atomic E-state index is 12.4. The number of para-hydroxylation sites is 2. The number of nitrogens with zero attached hydrogens (tertiary/aromatic N) is 2. The Morgan fingerprint density at radius 2 is 2.11 bits per heavy atom. The van der Waals surface area contributed by atoms with Crippen LogP contribution in [0.15, 0.2) is 41.2 Å². The Morgan fingerprint density at radius 1 is 1.26 bits per heavy atom. The number of fused-ring (bicyclic) bond motifs is 1. The van der Waals surface area contributed by atoms with Crippen molar-refractivity contribution in [3.8, 4) is 5.75 Å². The van der Waals surface area contributed by atoms with E-state index in [0.29, 0.717) is 24.6 Å². The summed E-state index contributed by atoms with van der Waals surface area (Å²) in [5.41, 5.74) is 0.585. The molecule has 2 aromatic rings. The number of carbonyl (C=O) groups excluding carboxylic acids is 1. The van der Waals surface area contributed by atoms with E-state index in [1.165, 1.54) is 12.1 Å². The van der Waals surface area contributed by atoms with E-state index in [1.807, 2.05) is 24.3 Å². The molecule has 0 saturated heterocycles. The Kier molecular flexibility index (Phi) is 2.75. The Bertz CT molecular complexity index is 660. The lowest BCUT2D eigenvalue weighted by Gasteiger charge is -2.29. The number of rotatable bonds is 1. The summed E-state index contributed by atoms with van der Waals surface area (Å²) in [6.07, 6.45) is 0. The molecule has 3 rings (SSSR count). The zero-order valence-corrected chi connectivity index (χ0v) is 10.00. The lowest BCUT2D eigenvalue weighted by atomic mass is 10.2. The maximum Gasteiger partial charge on any atom is 0.278 e. The van der Waals surface area contributed by atoms with Crippen LogP contribution < -0.4 is 15.2 Å². The molecule has 2 heterocycles. The molecule has 0 atom stereocenters. The molecule has 1 amide bonds. The summed E-state index contributed by atoms with van der Waals surface area (Å²) in [6, 6.07) is 10.0. The molecule has 0 unspecified atom stereocenters. The van der Waals surface area contributed by atoms with Crippen molar-refractivity contribution in [3.63, 3.8) is 0 Å². The molecule has 1 aliphatic rings. The van der Waals surface area contributed by atoms with E-state index in [2.05, 4.69) is 10.2 Å². The van der Waals surface area contributed by atoms with Gasteiger partial charge in [-0.25, -0.2) is 5.10 Å². The average Bonchev–Trinajstić information content (AvgIpc) is 2.47. The van der Waals surface area contributed by atoms with Crippen molar-refractivity contribution in [1.82, 2.24) is 10.2 Å². The second-order valence-electron chi connectivity index (χ2n) is 4.08. The van der Waals surface area contributed by atoms with E-state index in [-0.39, 0.29) is 17.2 Å². The summed E-state index contributed by atoms with van der Waals surface area (Å²) >= 11 is 0. The normalized spacial score (nSPS) is 13.6. The van der Waals surface area contributed by atoms with Crippen LogP contribution in [0.25, 0.3) is 0 Å². The second kappa shape index (κ2) is 4.56. The Hall–Kier alpha value is -2.63. The number of amides is 1. The number of carbonyl (C=O) groups is 1. The Morgan fingerprint density at radius 3 is 2.89 bits per heavy atom. The van der Waals surface area contributed by atoms with Crippen LogP contribution in [0.5, 0.6) is 5.75 Å². The van der Waals surface area contributed by atoms with Gasteiger partial charge in [0.1, 0.15) is 18.1 Å². The van der Waals surface area contributed by atoms with Crippen molar-refractivity contribution < 1.29 is 9.53 Å². The molecular formula is C13H11N3O3. The van der Waals surface area contributed by atoms with Gasteiger partial charge in [0.25, 0.3) is 11.5 Å². The molecule has 0 radical (unpaired) electrons. The SMILES string of the molecule is O=C(c1ccc(=O)[nH]n1)N1CCOc2ccccc21. The zero-order valence-electron chi connectivity index (χ0n) is 10.00. The number of hydrogen-bond acceptors (Lipinski definition) is 4. The first-order chi connectivity index (χ1) is 9.25. The minimum absolute atomic E-state index is 0.205. The molecule has 1 N–H and O–H groups in total. The van der Waals surface area contributed by atoms with Gasteiger partial charge in [-0.1, -0.05) is 12.1 Å². The Balaban J connectivity index is 1.97. The minimum atomic E-state index is -0.334. The molecule has 19 heavy (non-hydrogen) atoms. The molecule has 6 nitrogen and oxygen atoms in total. The number of ether oxygens (including phenoxy) is 1. The fourth-order valence-electron chi connectivity index (χ4n) is 1.98. The van der Waals surface area contributed by atoms with Gasteiger partial charge in [-0.2, -0.15) is 5.10 Å². The van der Waals surface area contributed by atoms with Crippen LogP contribution in [0.1, 0.15) is 10.5 Å². The van der Waals surface area contributed by atoms with E-state index in [0.717, 1.165) is 0 Å². The largest absolute Gasteiger partial charge is 0.490 e.